The van der Waals surface area contributed by atoms with Gasteiger partial charge in [0.05, 0.1) is 22.4 Å². The van der Waals surface area contributed by atoms with Crippen LogP contribution in [0.3, 0.4) is 0 Å². The number of ether oxygens (including phenoxy) is 1. The second-order valence-corrected chi connectivity index (χ2v) is 12.6. The summed E-state index contributed by atoms with van der Waals surface area (Å²) < 4.78 is 6.82. The first kappa shape index (κ1) is 25.5. The zero-order valence-corrected chi connectivity index (χ0v) is 23.0. The SMILES string of the molecule is O=C(Nc1nc2ccc(-c3cnc(CO[C@H]4CCC[C@@H]4O)nc3)cc2s1)C1CC(N2CCN(C3CC3)CC2)C1. The fraction of sp³-hybridized carbons (Fsp3) is 0.586. The lowest BCUT2D eigenvalue weighted by Crippen LogP contribution is -2.55. The lowest BCUT2D eigenvalue weighted by atomic mass is 9.78. The Bertz CT molecular complexity index is 1310. The number of anilines is 1. The second-order valence-electron chi connectivity index (χ2n) is 11.6. The molecule has 206 valence electrons. The fourth-order valence-corrected chi connectivity index (χ4v) is 7.14. The number of fused-ring (bicyclic) bond motifs is 1. The van der Waals surface area contributed by atoms with Gasteiger partial charge in [0.2, 0.25) is 5.91 Å². The van der Waals surface area contributed by atoms with Crippen LogP contribution in [0.1, 0.15) is 50.8 Å². The molecule has 39 heavy (non-hydrogen) atoms. The Morgan fingerprint density at radius 1 is 1.00 bits per heavy atom. The summed E-state index contributed by atoms with van der Waals surface area (Å²) in [5.41, 5.74) is 2.80. The lowest BCUT2D eigenvalue weighted by molar-refractivity contribution is -0.124. The Morgan fingerprint density at radius 3 is 2.44 bits per heavy atom. The van der Waals surface area contributed by atoms with Crippen LogP contribution in [-0.2, 0) is 16.1 Å². The van der Waals surface area contributed by atoms with Crippen molar-refractivity contribution in [1.82, 2.24) is 24.8 Å². The minimum absolute atomic E-state index is 0.0793. The van der Waals surface area contributed by atoms with Gasteiger partial charge in [-0.05, 0) is 62.6 Å². The topological polar surface area (TPSA) is 104 Å². The molecule has 7 rings (SSSR count). The number of carbonyl (C=O) groups excluding carboxylic acids is 1. The Labute approximate surface area is 232 Å². The van der Waals surface area contributed by atoms with E-state index in [0.717, 1.165) is 72.6 Å². The number of thiazole rings is 1. The molecule has 1 aliphatic heterocycles. The number of hydrogen-bond acceptors (Lipinski definition) is 9. The van der Waals surface area contributed by atoms with Crippen molar-refractivity contribution < 1.29 is 14.6 Å². The van der Waals surface area contributed by atoms with Gasteiger partial charge in [-0.1, -0.05) is 17.4 Å². The average Bonchev–Trinajstić information content (AvgIpc) is 3.57. The standard InChI is InChI=1S/C29H36N6O3S/c36-24-2-1-3-25(24)38-17-27-30-15-20(16-31-27)18-4-7-23-26(14-18)39-29(32-23)33-28(37)19-12-22(13-19)35-10-8-34(9-11-35)21-5-6-21/h4,7,14-16,19,21-22,24-25,36H,1-3,5-6,8-13,17H2,(H,32,33,37)/t19?,22?,24-,25-/m0/s1. The molecule has 3 heterocycles. The van der Waals surface area contributed by atoms with Crippen molar-refractivity contribution in [2.24, 2.45) is 5.92 Å². The van der Waals surface area contributed by atoms with Crippen LogP contribution in [0.25, 0.3) is 21.3 Å². The summed E-state index contributed by atoms with van der Waals surface area (Å²) in [7, 11) is 0. The average molecular weight is 549 g/mol. The molecule has 2 N–H and O–H groups in total. The summed E-state index contributed by atoms with van der Waals surface area (Å²) in [6.07, 6.45) is 10.5. The van der Waals surface area contributed by atoms with E-state index >= 15 is 0 Å². The zero-order chi connectivity index (χ0) is 26.3. The number of piperazine rings is 1. The summed E-state index contributed by atoms with van der Waals surface area (Å²) in [6, 6.07) is 7.47. The van der Waals surface area contributed by atoms with Crippen LogP contribution in [-0.4, -0.2) is 86.2 Å². The van der Waals surface area contributed by atoms with Crippen LogP contribution < -0.4 is 5.32 Å². The van der Waals surface area contributed by atoms with Crippen LogP contribution in [0, 0.1) is 5.92 Å². The maximum absolute atomic E-state index is 12.9. The lowest BCUT2D eigenvalue weighted by Gasteiger charge is -2.46. The predicted molar refractivity (Wildman–Crippen MR) is 150 cm³/mol. The maximum Gasteiger partial charge on any atom is 0.229 e. The Morgan fingerprint density at radius 2 is 1.74 bits per heavy atom. The first-order valence-electron chi connectivity index (χ1n) is 14.4. The van der Waals surface area contributed by atoms with Gasteiger partial charge in [0, 0.05) is 62.1 Å². The highest BCUT2D eigenvalue weighted by molar-refractivity contribution is 7.22. The van der Waals surface area contributed by atoms with Gasteiger partial charge in [-0.3, -0.25) is 14.6 Å². The molecule has 1 amide bonds. The summed E-state index contributed by atoms with van der Waals surface area (Å²) in [5.74, 6) is 0.787. The molecule has 3 aromatic rings. The first-order valence-corrected chi connectivity index (χ1v) is 15.2. The van der Waals surface area contributed by atoms with Gasteiger partial charge in [0.1, 0.15) is 6.61 Å². The zero-order valence-electron chi connectivity index (χ0n) is 22.2. The third-order valence-corrected chi connectivity index (χ3v) is 9.85. The number of amides is 1. The summed E-state index contributed by atoms with van der Waals surface area (Å²) >= 11 is 1.51. The van der Waals surface area contributed by atoms with E-state index in [4.69, 9.17) is 4.74 Å². The number of nitrogens with one attached hydrogen (secondary N) is 1. The van der Waals surface area contributed by atoms with Gasteiger partial charge < -0.3 is 15.2 Å². The number of aliphatic hydroxyl groups excluding tert-OH is 1. The molecule has 4 fully saturated rings. The molecule has 9 nitrogen and oxygen atoms in total. The van der Waals surface area contributed by atoms with Crippen molar-refractivity contribution in [3.63, 3.8) is 0 Å². The molecule has 2 aromatic heterocycles. The van der Waals surface area contributed by atoms with E-state index in [-0.39, 0.29) is 24.0 Å². The van der Waals surface area contributed by atoms with E-state index in [2.05, 4.69) is 36.1 Å². The Balaban J connectivity index is 0.921. The van der Waals surface area contributed by atoms with Crippen molar-refractivity contribution in [1.29, 1.82) is 0 Å². The molecule has 10 heteroatoms. The molecule has 0 bridgehead atoms. The van der Waals surface area contributed by atoms with E-state index < -0.39 is 0 Å². The maximum atomic E-state index is 12.9. The predicted octanol–water partition coefficient (Wildman–Crippen LogP) is 3.68. The van der Waals surface area contributed by atoms with Crippen molar-refractivity contribution in [3.05, 3.63) is 36.4 Å². The molecular formula is C29H36N6O3S. The van der Waals surface area contributed by atoms with Crippen LogP contribution >= 0.6 is 11.3 Å². The molecule has 2 atom stereocenters. The van der Waals surface area contributed by atoms with E-state index in [1.54, 1.807) is 12.4 Å². The summed E-state index contributed by atoms with van der Waals surface area (Å²) in [6.45, 7) is 4.95. The highest BCUT2D eigenvalue weighted by Gasteiger charge is 2.40. The van der Waals surface area contributed by atoms with E-state index in [9.17, 15) is 9.90 Å². The van der Waals surface area contributed by atoms with Gasteiger partial charge in [0.25, 0.3) is 0 Å². The molecule has 3 aliphatic carbocycles. The smallest absolute Gasteiger partial charge is 0.229 e. The Hall–Kier alpha value is -2.50. The molecule has 0 radical (unpaired) electrons. The van der Waals surface area contributed by atoms with E-state index in [0.29, 0.717) is 23.6 Å². The molecule has 4 aliphatic rings. The minimum Gasteiger partial charge on any atom is -0.390 e. The van der Waals surface area contributed by atoms with Crippen LogP contribution in [0.2, 0.25) is 0 Å². The minimum atomic E-state index is -0.381. The number of hydrogen-bond donors (Lipinski definition) is 2. The number of aromatic nitrogens is 3. The molecule has 1 saturated heterocycles. The summed E-state index contributed by atoms with van der Waals surface area (Å²) in [5, 5.41) is 13.7. The largest absolute Gasteiger partial charge is 0.390 e. The van der Waals surface area contributed by atoms with Crippen LogP contribution in [0.15, 0.2) is 30.6 Å². The van der Waals surface area contributed by atoms with Gasteiger partial charge in [-0.2, -0.15) is 0 Å². The highest BCUT2D eigenvalue weighted by atomic mass is 32.1. The molecule has 0 unspecified atom stereocenters. The number of nitrogens with zero attached hydrogens (tertiary/aromatic N) is 5. The van der Waals surface area contributed by atoms with E-state index in [1.165, 1.54) is 37.3 Å². The molecule has 0 spiro atoms. The number of rotatable bonds is 8. The highest BCUT2D eigenvalue weighted by Crippen LogP contribution is 2.36. The molecule has 3 saturated carbocycles. The number of aliphatic hydroxyl groups is 1. The van der Waals surface area contributed by atoms with Gasteiger partial charge in [0.15, 0.2) is 11.0 Å². The van der Waals surface area contributed by atoms with Gasteiger partial charge in [-0.15, -0.1) is 0 Å². The first-order chi connectivity index (χ1) is 19.1. The fourth-order valence-electron chi connectivity index (χ4n) is 6.23. The van der Waals surface area contributed by atoms with Crippen molar-refractivity contribution in [3.8, 4) is 11.1 Å². The monoisotopic (exact) mass is 548 g/mol. The number of benzene rings is 1. The third kappa shape index (κ3) is 5.58. The van der Waals surface area contributed by atoms with Gasteiger partial charge in [-0.25, -0.2) is 15.0 Å². The van der Waals surface area contributed by atoms with Crippen molar-refractivity contribution in [2.75, 3.05) is 31.5 Å². The molecule has 1 aromatic carbocycles. The quantitative estimate of drug-likeness (QED) is 0.440. The summed E-state index contributed by atoms with van der Waals surface area (Å²) in [4.78, 5) is 31.7. The van der Waals surface area contributed by atoms with Gasteiger partial charge >= 0.3 is 0 Å². The van der Waals surface area contributed by atoms with Crippen LogP contribution in [0.5, 0.6) is 0 Å². The normalized spacial score (nSPS) is 28.0. The van der Waals surface area contributed by atoms with Crippen molar-refractivity contribution in [2.45, 2.75) is 75.8 Å². The number of carbonyl (C=O) groups is 1. The second kappa shape index (κ2) is 10.8. The third-order valence-electron chi connectivity index (χ3n) is 8.91. The van der Waals surface area contributed by atoms with Crippen LogP contribution in [0.4, 0.5) is 5.13 Å². The van der Waals surface area contributed by atoms with E-state index in [1.807, 2.05) is 12.1 Å². The van der Waals surface area contributed by atoms with Crippen molar-refractivity contribution >= 4 is 32.6 Å². The molecular weight excluding hydrogens is 512 g/mol. The Kier molecular flexibility index (Phi) is 7.06.